The smallest absolute Gasteiger partial charge is 0.333 e. The highest BCUT2D eigenvalue weighted by molar-refractivity contribution is 5.79. The number of aryl methyl sites for hydroxylation is 1. The second-order valence-corrected chi connectivity index (χ2v) is 6.16. The Morgan fingerprint density at radius 1 is 1.28 bits per heavy atom. The van der Waals surface area contributed by atoms with E-state index < -0.39 is 18.7 Å². The SMILES string of the molecule is Cc1nn(C(F)F)c(C)c1CC(=O)N[C@@H](C)[C@@H](O)Cc1ccccc1. The number of benzene rings is 1. The van der Waals surface area contributed by atoms with Gasteiger partial charge in [0.1, 0.15) is 0 Å². The first-order chi connectivity index (χ1) is 11.8. The number of hydrogen-bond donors (Lipinski definition) is 2. The second kappa shape index (κ2) is 8.20. The van der Waals surface area contributed by atoms with Gasteiger partial charge in [-0.3, -0.25) is 4.79 Å². The van der Waals surface area contributed by atoms with E-state index >= 15 is 0 Å². The van der Waals surface area contributed by atoms with Crippen molar-refractivity contribution in [2.75, 3.05) is 0 Å². The van der Waals surface area contributed by atoms with Crippen LogP contribution in [0.15, 0.2) is 30.3 Å². The molecule has 2 N–H and O–H groups in total. The van der Waals surface area contributed by atoms with Gasteiger partial charge in [0.05, 0.1) is 24.3 Å². The third-order valence-electron chi connectivity index (χ3n) is 4.25. The van der Waals surface area contributed by atoms with Crippen LogP contribution in [0.25, 0.3) is 0 Å². The van der Waals surface area contributed by atoms with E-state index in [0.29, 0.717) is 22.4 Å². The number of aliphatic hydroxyl groups is 1. The average molecular weight is 351 g/mol. The molecule has 0 aliphatic heterocycles. The second-order valence-electron chi connectivity index (χ2n) is 6.16. The van der Waals surface area contributed by atoms with Gasteiger partial charge in [-0.2, -0.15) is 13.9 Å². The van der Waals surface area contributed by atoms with E-state index in [0.717, 1.165) is 5.56 Å². The number of aromatic nitrogens is 2. The number of halogens is 2. The minimum Gasteiger partial charge on any atom is -0.391 e. The summed E-state index contributed by atoms with van der Waals surface area (Å²) in [6.07, 6.45) is -0.367. The number of rotatable bonds is 7. The Hall–Kier alpha value is -2.28. The van der Waals surface area contributed by atoms with Crippen molar-refractivity contribution in [1.29, 1.82) is 0 Å². The van der Waals surface area contributed by atoms with Gasteiger partial charge in [0.2, 0.25) is 5.91 Å². The fourth-order valence-corrected chi connectivity index (χ4v) is 2.74. The topological polar surface area (TPSA) is 67.2 Å². The minimum atomic E-state index is -2.73. The van der Waals surface area contributed by atoms with Crippen molar-refractivity contribution in [2.24, 2.45) is 0 Å². The predicted octanol–water partition coefficient (Wildman–Crippen LogP) is 2.55. The van der Waals surface area contributed by atoms with E-state index in [1.54, 1.807) is 13.8 Å². The zero-order valence-corrected chi connectivity index (χ0v) is 14.5. The molecule has 1 aromatic heterocycles. The van der Waals surface area contributed by atoms with E-state index in [4.69, 9.17) is 0 Å². The van der Waals surface area contributed by atoms with Crippen LogP contribution in [-0.4, -0.2) is 32.9 Å². The normalized spacial score (nSPS) is 13.7. The zero-order valence-electron chi connectivity index (χ0n) is 14.5. The van der Waals surface area contributed by atoms with E-state index in [2.05, 4.69) is 10.4 Å². The van der Waals surface area contributed by atoms with Gasteiger partial charge >= 0.3 is 6.55 Å². The Balaban J connectivity index is 1.95. The highest BCUT2D eigenvalue weighted by Crippen LogP contribution is 2.19. The number of nitrogens with one attached hydrogen (secondary N) is 1. The third-order valence-corrected chi connectivity index (χ3v) is 4.25. The van der Waals surface area contributed by atoms with Crippen LogP contribution in [0.5, 0.6) is 0 Å². The van der Waals surface area contributed by atoms with Gasteiger partial charge < -0.3 is 10.4 Å². The van der Waals surface area contributed by atoms with Crippen LogP contribution >= 0.6 is 0 Å². The molecular weight excluding hydrogens is 328 g/mol. The quantitative estimate of drug-likeness (QED) is 0.806. The first-order valence-electron chi connectivity index (χ1n) is 8.13. The van der Waals surface area contributed by atoms with Gasteiger partial charge in [0.15, 0.2) is 0 Å². The highest BCUT2D eigenvalue weighted by Gasteiger charge is 2.21. The van der Waals surface area contributed by atoms with Crippen LogP contribution in [-0.2, 0) is 17.6 Å². The molecule has 0 fully saturated rings. The van der Waals surface area contributed by atoms with E-state index in [1.807, 2.05) is 30.3 Å². The lowest BCUT2D eigenvalue weighted by atomic mass is 10.0. The zero-order chi connectivity index (χ0) is 18.6. The molecular formula is C18H23F2N3O2. The maximum absolute atomic E-state index is 12.8. The molecule has 136 valence electrons. The van der Waals surface area contributed by atoms with Crippen LogP contribution in [0.4, 0.5) is 8.78 Å². The molecule has 1 amide bonds. The molecule has 2 rings (SSSR count). The van der Waals surface area contributed by atoms with Gasteiger partial charge in [-0.25, -0.2) is 4.68 Å². The fraction of sp³-hybridized carbons (Fsp3) is 0.444. The van der Waals surface area contributed by atoms with Gasteiger partial charge in [0.25, 0.3) is 0 Å². The number of alkyl halides is 2. The van der Waals surface area contributed by atoms with Crippen molar-refractivity contribution < 1.29 is 18.7 Å². The monoisotopic (exact) mass is 351 g/mol. The van der Waals surface area contributed by atoms with Crippen molar-refractivity contribution in [1.82, 2.24) is 15.1 Å². The number of aliphatic hydroxyl groups excluding tert-OH is 1. The van der Waals surface area contributed by atoms with Crippen LogP contribution in [0, 0.1) is 13.8 Å². The molecule has 0 radical (unpaired) electrons. The van der Waals surface area contributed by atoms with Gasteiger partial charge in [-0.15, -0.1) is 0 Å². The molecule has 5 nitrogen and oxygen atoms in total. The summed E-state index contributed by atoms with van der Waals surface area (Å²) in [5.74, 6) is -0.334. The largest absolute Gasteiger partial charge is 0.391 e. The van der Waals surface area contributed by atoms with Crippen molar-refractivity contribution in [3.63, 3.8) is 0 Å². The molecule has 1 aromatic carbocycles. The molecule has 0 aliphatic rings. The number of nitrogens with zero attached hydrogens (tertiary/aromatic N) is 2. The van der Waals surface area contributed by atoms with E-state index in [-0.39, 0.29) is 18.0 Å². The van der Waals surface area contributed by atoms with Gasteiger partial charge in [-0.1, -0.05) is 30.3 Å². The van der Waals surface area contributed by atoms with E-state index in [1.165, 1.54) is 6.92 Å². The molecule has 0 spiro atoms. The number of carbonyl (C=O) groups excluding carboxylic acids is 1. The standard InChI is InChI=1S/C18H23F2N3O2/c1-11-15(13(3)23(22-11)18(19)20)10-17(25)21-12(2)16(24)9-14-7-5-4-6-8-14/h4-8,12,16,18,24H,9-10H2,1-3H3,(H,21,25)/t12-,16-/m0/s1. The number of hydrogen-bond acceptors (Lipinski definition) is 3. The summed E-state index contributed by atoms with van der Waals surface area (Å²) in [6, 6.07) is 9.02. The summed E-state index contributed by atoms with van der Waals surface area (Å²) in [7, 11) is 0. The maximum Gasteiger partial charge on any atom is 0.333 e. The molecule has 0 unspecified atom stereocenters. The fourth-order valence-electron chi connectivity index (χ4n) is 2.74. The van der Waals surface area contributed by atoms with Crippen LogP contribution in [0.1, 0.15) is 36.0 Å². The lowest BCUT2D eigenvalue weighted by Gasteiger charge is -2.20. The van der Waals surface area contributed by atoms with Crippen LogP contribution in [0.2, 0.25) is 0 Å². The third kappa shape index (κ3) is 4.85. The molecule has 25 heavy (non-hydrogen) atoms. The predicted molar refractivity (Wildman–Crippen MR) is 90.4 cm³/mol. The first kappa shape index (κ1) is 19.1. The molecule has 0 saturated heterocycles. The lowest BCUT2D eigenvalue weighted by molar-refractivity contribution is -0.121. The summed E-state index contributed by atoms with van der Waals surface area (Å²) >= 11 is 0. The Morgan fingerprint density at radius 2 is 1.92 bits per heavy atom. The van der Waals surface area contributed by atoms with Crippen molar-refractivity contribution in [3.05, 3.63) is 52.8 Å². The van der Waals surface area contributed by atoms with Crippen molar-refractivity contribution in [3.8, 4) is 0 Å². The molecule has 7 heteroatoms. The van der Waals surface area contributed by atoms with Crippen LogP contribution in [0.3, 0.4) is 0 Å². The molecule has 0 bridgehead atoms. The number of amides is 1. The molecule has 0 aliphatic carbocycles. The Labute approximate surface area is 145 Å². The minimum absolute atomic E-state index is 0.0488. The molecule has 0 saturated carbocycles. The van der Waals surface area contributed by atoms with Crippen molar-refractivity contribution in [2.45, 2.75) is 52.3 Å². The first-order valence-corrected chi connectivity index (χ1v) is 8.13. The average Bonchev–Trinajstić information content (AvgIpc) is 2.84. The summed E-state index contributed by atoms with van der Waals surface area (Å²) in [5.41, 5.74) is 2.15. The molecule has 2 aromatic rings. The molecule has 1 heterocycles. The van der Waals surface area contributed by atoms with Crippen molar-refractivity contribution >= 4 is 5.91 Å². The van der Waals surface area contributed by atoms with Gasteiger partial charge in [-0.05, 0) is 26.3 Å². The summed E-state index contributed by atoms with van der Waals surface area (Å²) in [4.78, 5) is 12.2. The Bertz CT molecular complexity index is 717. The Kier molecular flexibility index (Phi) is 6.25. The maximum atomic E-state index is 12.8. The summed E-state index contributed by atoms with van der Waals surface area (Å²) in [6.45, 7) is 2.10. The van der Waals surface area contributed by atoms with Gasteiger partial charge in [0, 0.05) is 17.7 Å². The van der Waals surface area contributed by atoms with Crippen LogP contribution < -0.4 is 5.32 Å². The van der Waals surface area contributed by atoms with E-state index in [9.17, 15) is 18.7 Å². The lowest BCUT2D eigenvalue weighted by Crippen LogP contribution is -2.42. The Morgan fingerprint density at radius 3 is 2.48 bits per heavy atom. The molecule has 2 atom stereocenters. The summed E-state index contributed by atoms with van der Waals surface area (Å²) in [5, 5.41) is 16.7. The number of carbonyl (C=O) groups is 1. The summed E-state index contributed by atoms with van der Waals surface area (Å²) < 4.78 is 26.3. The highest BCUT2D eigenvalue weighted by atomic mass is 19.3.